The zero-order chi connectivity index (χ0) is 24.0. The highest BCUT2D eigenvalue weighted by molar-refractivity contribution is 5.97. The molecule has 2 aromatic rings. The van der Waals surface area contributed by atoms with E-state index < -0.39 is 5.09 Å². The third kappa shape index (κ3) is 6.05. The average Bonchev–Trinajstić information content (AvgIpc) is 2.75. The zero-order valence-corrected chi connectivity index (χ0v) is 18.8. The minimum atomic E-state index is -0.804. The van der Waals surface area contributed by atoms with Crippen LogP contribution in [0.15, 0.2) is 23.0 Å². The van der Waals surface area contributed by atoms with Crippen LogP contribution in [0.2, 0.25) is 0 Å². The maximum atomic E-state index is 12.6. The van der Waals surface area contributed by atoms with Gasteiger partial charge in [0.15, 0.2) is 0 Å². The first-order valence-electron chi connectivity index (χ1n) is 10.7. The summed E-state index contributed by atoms with van der Waals surface area (Å²) in [5.74, 6) is 0.852. The average molecular weight is 460 g/mol. The number of ether oxygens (including phenoxy) is 1. The fraction of sp³-hybridized carbons (Fsp3) is 0.476. The lowest BCUT2D eigenvalue weighted by atomic mass is 10.1. The molecule has 33 heavy (non-hydrogen) atoms. The number of nitrogens with one attached hydrogen (secondary N) is 3. The van der Waals surface area contributed by atoms with Gasteiger partial charge in [0.25, 0.3) is 10.6 Å². The number of hydroxylamine groups is 2. The summed E-state index contributed by atoms with van der Waals surface area (Å²) in [5.41, 5.74) is 4.75. The summed E-state index contributed by atoms with van der Waals surface area (Å²) in [7, 11) is 0. The summed E-state index contributed by atoms with van der Waals surface area (Å²) in [6, 6.07) is 5.23. The number of H-pyrrole nitrogens is 1. The van der Waals surface area contributed by atoms with Gasteiger partial charge in [0.2, 0.25) is 0 Å². The van der Waals surface area contributed by atoms with Crippen LogP contribution in [-0.2, 0) is 9.78 Å². The normalized spacial score (nSPS) is 13.9. The highest BCUT2D eigenvalue weighted by Gasteiger charge is 2.29. The Morgan fingerprint density at radius 2 is 2.15 bits per heavy atom. The number of aromatic amines is 1. The van der Waals surface area contributed by atoms with Crippen LogP contribution in [0.25, 0.3) is 11.4 Å². The van der Waals surface area contributed by atoms with Gasteiger partial charge in [0, 0.05) is 24.6 Å². The molecule has 0 radical (unpaired) electrons. The van der Waals surface area contributed by atoms with E-state index in [9.17, 15) is 14.9 Å². The molecule has 3 rings (SSSR count). The Morgan fingerprint density at radius 1 is 1.39 bits per heavy atom. The van der Waals surface area contributed by atoms with Crippen LogP contribution in [0.1, 0.15) is 37.9 Å². The van der Waals surface area contributed by atoms with Crippen LogP contribution in [0.3, 0.4) is 0 Å². The van der Waals surface area contributed by atoms with E-state index in [1.54, 1.807) is 30.2 Å². The maximum absolute atomic E-state index is 12.6. The van der Waals surface area contributed by atoms with Crippen LogP contribution in [-0.4, -0.2) is 52.1 Å². The van der Waals surface area contributed by atoms with Gasteiger partial charge in [-0.05, 0) is 38.5 Å². The van der Waals surface area contributed by atoms with Gasteiger partial charge in [-0.2, -0.15) is 10.0 Å². The molecule has 0 bridgehead atoms. The quantitative estimate of drug-likeness (QED) is 0.246. The molecular formula is C21H28N6O6. The number of anilines is 1. The van der Waals surface area contributed by atoms with Crippen LogP contribution < -0.4 is 15.8 Å². The molecule has 1 aliphatic rings. The van der Waals surface area contributed by atoms with Gasteiger partial charge in [-0.3, -0.25) is 4.79 Å². The van der Waals surface area contributed by atoms with E-state index in [-0.39, 0.29) is 18.1 Å². The van der Waals surface area contributed by atoms with E-state index in [4.69, 9.17) is 15.1 Å². The molecule has 0 saturated carbocycles. The first-order valence-corrected chi connectivity index (χ1v) is 10.7. The van der Waals surface area contributed by atoms with Gasteiger partial charge < -0.3 is 20.0 Å². The number of hydrogen-bond acceptors (Lipinski definition) is 10. The van der Waals surface area contributed by atoms with E-state index in [1.165, 1.54) is 0 Å². The summed E-state index contributed by atoms with van der Waals surface area (Å²) < 4.78 is 5.72. The van der Waals surface area contributed by atoms with Crippen molar-refractivity contribution in [2.75, 3.05) is 31.8 Å². The van der Waals surface area contributed by atoms with Crippen molar-refractivity contribution in [2.24, 2.45) is 5.92 Å². The molecular weight excluding hydrogens is 432 g/mol. The van der Waals surface area contributed by atoms with Crippen molar-refractivity contribution in [3.05, 3.63) is 49.9 Å². The van der Waals surface area contributed by atoms with E-state index in [1.807, 2.05) is 13.8 Å². The van der Waals surface area contributed by atoms with Crippen molar-refractivity contribution in [1.82, 2.24) is 15.0 Å². The van der Waals surface area contributed by atoms with Gasteiger partial charge in [0.1, 0.15) is 18.2 Å². The smallest absolute Gasteiger partial charge is 0.294 e. The molecule has 0 aliphatic carbocycles. The lowest BCUT2D eigenvalue weighted by Crippen LogP contribution is -2.49. The van der Waals surface area contributed by atoms with Gasteiger partial charge in [-0.1, -0.05) is 13.3 Å². The Bertz CT molecular complexity index is 1070. The highest BCUT2D eigenvalue weighted by atomic mass is 16.9. The predicted molar refractivity (Wildman–Crippen MR) is 121 cm³/mol. The Labute approximate surface area is 190 Å². The number of rotatable bonds is 12. The Hall–Kier alpha value is -3.51. The predicted octanol–water partition coefficient (Wildman–Crippen LogP) is 2.71. The molecule has 3 N–H and O–H groups in total. The lowest BCUT2D eigenvalue weighted by molar-refractivity contribution is -0.760. The monoisotopic (exact) mass is 460 g/mol. The molecule has 1 aromatic heterocycles. The Kier molecular flexibility index (Phi) is 7.96. The molecule has 2 heterocycles. The second-order valence-electron chi connectivity index (χ2n) is 7.69. The molecule has 1 fully saturated rings. The van der Waals surface area contributed by atoms with Gasteiger partial charge in [0.05, 0.1) is 29.3 Å². The third-order valence-corrected chi connectivity index (χ3v) is 5.10. The van der Waals surface area contributed by atoms with E-state index in [2.05, 4.69) is 20.3 Å². The van der Waals surface area contributed by atoms with Gasteiger partial charge >= 0.3 is 0 Å². The molecule has 0 amide bonds. The van der Waals surface area contributed by atoms with Gasteiger partial charge in [-0.25, -0.2) is 10.5 Å². The van der Waals surface area contributed by atoms with Crippen molar-refractivity contribution < 1.29 is 19.6 Å². The van der Waals surface area contributed by atoms with Gasteiger partial charge in [-0.15, -0.1) is 10.1 Å². The minimum absolute atomic E-state index is 0.0202. The minimum Gasteiger partial charge on any atom is -0.493 e. The fourth-order valence-corrected chi connectivity index (χ4v) is 3.37. The maximum Gasteiger partial charge on any atom is 0.294 e. The lowest BCUT2D eigenvalue weighted by Gasteiger charge is -2.36. The van der Waals surface area contributed by atoms with Crippen LogP contribution in [0.5, 0.6) is 5.75 Å². The van der Waals surface area contributed by atoms with Crippen molar-refractivity contribution in [3.8, 4) is 17.1 Å². The number of aromatic nitrogens is 2. The second-order valence-corrected chi connectivity index (χ2v) is 7.69. The largest absolute Gasteiger partial charge is 0.493 e. The molecule has 1 aromatic carbocycles. The zero-order valence-electron chi connectivity index (χ0n) is 18.8. The fourth-order valence-electron chi connectivity index (χ4n) is 3.37. The second kappa shape index (κ2) is 10.9. The molecule has 12 nitrogen and oxygen atoms in total. The van der Waals surface area contributed by atoms with E-state index in [0.717, 1.165) is 6.42 Å². The molecule has 178 valence electrons. The van der Waals surface area contributed by atoms with Crippen molar-refractivity contribution >= 4 is 11.4 Å². The molecule has 12 heteroatoms. The molecule has 0 atom stereocenters. The van der Waals surface area contributed by atoms with E-state index in [0.29, 0.717) is 65.9 Å². The molecule has 1 saturated heterocycles. The van der Waals surface area contributed by atoms with E-state index >= 15 is 0 Å². The number of nitrogens with zero attached hydrogens (tertiary/aromatic N) is 3. The summed E-state index contributed by atoms with van der Waals surface area (Å²) in [6.07, 6.45) is 1.30. The molecule has 0 unspecified atom stereocenters. The summed E-state index contributed by atoms with van der Waals surface area (Å²) in [6.45, 7) is 6.90. The number of hydrogen-bond donors (Lipinski definition) is 3. The standard InChI is InChI=1S/C21H28N6O6/c1-4-6-17(22)19-13(3)21(28)24-20(23-19)16-9-15(7-8-18(16)31-5-2)25-33-26-10-14(11-26)12-32-27(29)30/h7-9,14,22,25H,4-6,10-12H2,1-3H3,(H,23,24,28). The highest BCUT2D eigenvalue weighted by Crippen LogP contribution is 2.31. The molecule has 0 spiro atoms. The Morgan fingerprint density at radius 3 is 2.82 bits per heavy atom. The van der Waals surface area contributed by atoms with Crippen molar-refractivity contribution in [2.45, 2.75) is 33.6 Å². The molecule has 1 aliphatic heterocycles. The van der Waals surface area contributed by atoms with Crippen LogP contribution >= 0.6 is 0 Å². The summed E-state index contributed by atoms with van der Waals surface area (Å²) >= 11 is 0. The summed E-state index contributed by atoms with van der Waals surface area (Å²) in [4.78, 5) is 40.1. The van der Waals surface area contributed by atoms with Crippen molar-refractivity contribution in [1.29, 1.82) is 5.41 Å². The number of benzene rings is 1. The summed E-state index contributed by atoms with van der Waals surface area (Å²) in [5, 5.41) is 19.4. The topological polar surface area (TPSA) is 156 Å². The van der Waals surface area contributed by atoms with Crippen LogP contribution in [0, 0.1) is 28.4 Å². The first-order chi connectivity index (χ1) is 15.8. The first kappa shape index (κ1) is 24.1. The SMILES string of the molecule is CCCC(=N)c1nc(-c2cc(NON3CC(CO[N+](=O)[O-])C3)ccc2OCC)[nH]c(=O)c1C. The van der Waals surface area contributed by atoms with Crippen LogP contribution in [0.4, 0.5) is 5.69 Å². The third-order valence-electron chi connectivity index (χ3n) is 5.10. The Balaban J connectivity index is 1.78. The van der Waals surface area contributed by atoms with Crippen molar-refractivity contribution in [3.63, 3.8) is 0 Å².